The summed E-state index contributed by atoms with van der Waals surface area (Å²) in [5.74, 6) is 0. The maximum Gasteiger partial charge on any atom is 0.0697 e. The van der Waals surface area contributed by atoms with E-state index in [0.717, 1.165) is 19.4 Å². The number of aliphatic hydroxyl groups is 1. The van der Waals surface area contributed by atoms with Crippen LogP contribution in [-0.4, -0.2) is 24.9 Å². The Morgan fingerprint density at radius 2 is 2.22 bits per heavy atom. The number of aliphatic hydroxyl groups excluding tert-OH is 1. The van der Waals surface area contributed by atoms with Gasteiger partial charge in [0, 0.05) is 6.61 Å². The summed E-state index contributed by atoms with van der Waals surface area (Å²) in [7, 11) is 0. The Morgan fingerprint density at radius 1 is 1.44 bits per heavy atom. The van der Waals surface area contributed by atoms with E-state index in [0.29, 0.717) is 6.61 Å². The second-order valence-corrected chi connectivity index (χ2v) is 1.77. The molecule has 0 aliphatic heterocycles. The molecule has 0 amide bonds. The van der Waals surface area contributed by atoms with Gasteiger partial charge in [0.15, 0.2) is 0 Å². The molecule has 0 aromatic rings. The summed E-state index contributed by atoms with van der Waals surface area (Å²) in [6.07, 6.45) is 3.86. The van der Waals surface area contributed by atoms with Gasteiger partial charge in [0.2, 0.25) is 0 Å². The monoisotopic (exact) mass is 130 g/mol. The van der Waals surface area contributed by atoms with Crippen molar-refractivity contribution in [2.24, 2.45) is 0 Å². The van der Waals surface area contributed by atoms with Gasteiger partial charge in [-0.2, -0.15) is 0 Å². The van der Waals surface area contributed by atoms with Crippen molar-refractivity contribution in [3.8, 4) is 0 Å². The van der Waals surface area contributed by atoms with Gasteiger partial charge in [-0.3, -0.25) is 0 Å². The van der Waals surface area contributed by atoms with Crippen molar-refractivity contribution >= 4 is 0 Å². The Labute approximate surface area is 56.1 Å². The van der Waals surface area contributed by atoms with Crippen LogP contribution in [0.25, 0.3) is 0 Å². The summed E-state index contributed by atoms with van der Waals surface area (Å²) < 4.78 is 4.99. The fourth-order valence-corrected chi connectivity index (χ4v) is 0.496. The van der Waals surface area contributed by atoms with Gasteiger partial charge in [-0.15, -0.1) is 6.58 Å². The molecular weight excluding hydrogens is 116 g/mol. The lowest BCUT2D eigenvalue weighted by molar-refractivity contribution is 0.0912. The molecule has 2 nitrogen and oxygen atoms in total. The maximum absolute atomic E-state index is 8.28. The van der Waals surface area contributed by atoms with Crippen LogP contribution in [0.15, 0.2) is 12.7 Å². The summed E-state index contributed by atoms with van der Waals surface area (Å²) in [6, 6.07) is 0. The molecular formula is C7H14O2. The molecule has 1 N–H and O–H groups in total. The predicted molar refractivity (Wildman–Crippen MR) is 37.3 cm³/mol. The number of hydrogen-bond donors (Lipinski definition) is 1. The van der Waals surface area contributed by atoms with Crippen LogP contribution in [0.3, 0.4) is 0 Å². The number of unbranched alkanes of at least 4 members (excludes halogenated alkanes) is 1. The van der Waals surface area contributed by atoms with E-state index in [4.69, 9.17) is 9.84 Å². The van der Waals surface area contributed by atoms with Crippen molar-refractivity contribution in [1.82, 2.24) is 0 Å². The highest BCUT2D eigenvalue weighted by molar-refractivity contribution is 4.64. The van der Waals surface area contributed by atoms with Crippen molar-refractivity contribution in [2.45, 2.75) is 12.8 Å². The zero-order valence-corrected chi connectivity index (χ0v) is 5.68. The SMILES string of the molecule is C=CCCCOCCO. The van der Waals surface area contributed by atoms with Crippen LogP contribution in [0.1, 0.15) is 12.8 Å². The highest BCUT2D eigenvalue weighted by Gasteiger charge is 1.83. The van der Waals surface area contributed by atoms with Crippen molar-refractivity contribution in [2.75, 3.05) is 19.8 Å². The first kappa shape index (κ1) is 8.66. The maximum atomic E-state index is 8.28. The molecule has 0 aromatic carbocycles. The van der Waals surface area contributed by atoms with Crippen LogP contribution >= 0.6 is 0 Å². The van der Waals surface area contributed by atoms with E-state index >= 15 is 0 Å². The van der Waals surface area contributed by atoms with Crippen molar-refractivity contribution < 1.29 is 9.84 Å². The topological polar surface area (TPSA) is 29.5 Å². The Bertz CT molecular complexity index is 61.9. The molecule has 0 radical (unpaired) electrons. The van der Waals surface area contributed by atoms with Gasteiger partial charge in [0.25, 0.3) is 0 Å². The van der Waals surface area contributed by atoms with Gasteiger partial charge in [0.05, 0.1) is 13.2 Å². The minimum absolute atomic E-state index is 0.119. The lowest BCUT2D eigenvalue weighted by Crippen LogP contribution is -1.99. The standard InChI is InChI=1S/C7H14O2/c1-2-3-4-6-9-7-5-8/h2,8H,1,3-7H2. The Morgan fingerprint density at radius 3 is 2.78 bits per heavy atom. The molecule has 0 spiro atoms. The molecule has 0 bridgehead atoms. The number of hydrogen-bond acceptors (Lipinski definition) is 2. The first-order valence-electron chi connectivity index (χ1n) is 3.21. The van der Waals surface area contributed by atoms with E-state index in [9.17, 15) is 0 Å². The highest BCUT2D eigenvalue weighted by Crippen LogP contribution is 1.88. The average molecular weight is 130 g/mol. The van der Waals surface area contributed by atoms with E-state index in [2.05, 4.69) is 6.58 Å². The van der Waals surface area contributed by atoms with Gasteiger partial charge < -0.3 is 9.84 Å². The predicted octanol–water partition coefficient (Wildman–Crippen LogP) is 0.962. The Hall–Kier alpha value is -0.340. The Balaban J connectivity index is 2.66. The smallest absolute Gasteiger partial charge is 0.0697 e. The van der Waals surface area contributed by atoms with Crippen LogP contribution < -0.4 is 0 Å². The molecule has 2 heteroatoms. The van der Waals surface area contributed by atoms with Gasteiger partial charge in [0.1, 0.15) is 0 Å². The average Bonchev–Trinajstić information content (AvgIpc) is 1.89. The fourth-order valence-electron chi connectivity index (χ4n) is 0.496. The third-order valence-electron chi connectivity index (χ3n) is 0.933. The summed E-state index contributed by atoms with van der Waals surface area (Å²) in [5, 5.41) is 8.28. The van der Waals surface area contributed by atoms with Crippen LogP contribution in [0.4, 0.5) is 0 Å². The van der Waals surface area contributed by atoms with E-state index in [1.165, 1.54) is 0 Å². The molecule has 0 saturated heterocycles. The summed E-state index contributed by atoms with van der Waals surface area (Å²) >= 11 is 0. The number of ether oxygens (including phenoxy) is 1. The molecule has 0 aliphatic carbocycles. The van der Waals surface area contributed by atoms with E-state index in [1.54, 1.807) is 0 Å². The first-order chi connectivity index (χ1) is 4.41. The lowest BCUT2D eigenvalue weighted by atomic mass is 10.3. The normalized spacial score (nSPS) is 9.44. The Kier molecular flexibility index (Phi) is 7.37. The van der Waals surface area contributed by atoms with Gasteiger partial charge in [-0.05, 0) is 12.8 Å². The van der Waals surface area contributed by atoms with Crippen molar-refractivity contribution in [3.63, 3.8) is 0 Å². The zero-order chi connectivity index (χ0) is 6.95. The minimum Gasteiger partial charge on any atom is -0.394 e. The van der Waals surface area contributed by atoms with Crippen molar-refractivity contribution in [1.29, 1.82) is 0 Å². The highest BCUT2D eigenvalue weighted by atomic mass is 16.5. The second kappa shape index (κ2) is 7.66. The molecule has 9 heavy (non-hydrogen) atoms. The van der Waals surface area contributed by atoms with E-state index < -0.39 is 0 Å². The summed E-state index contributed by atoms with van der Waals surface area (Å²) in [4.78, 5) is 0. The lowest BCUT2D eigenvalue weighted by Gasteiger charge is -1.97. The van der Waals surface area contributed by atoms with Crippen LogP contribution in [0, 0.1) is 0 Å². The molecule has 0 saturated carbocycles. The second-order valence-electron chi connectivity index (χ2n) is 1.77. The minimum atomic E-state index is 0.119. The molecule has 0 fully saturated rings. The van der Waals surface area contributed by atoms with Crippen molar-refractivity contribution in [3.05, 3.63) is 12.7 Å². The van der Waals surface area contributed by atoms with Gasteiger partial charge in [-0.25, -0.2) is 0 Å². The van der Waals surface area contributed by atoms with E-state index in [-0.39, 0.29) is 6.61 Å². The molecule has 54 valence electrons. The third-order valence-corrected chi connectivity index (χ3v) is 0.933. The third kappa shape index (κ3) is 7.66. The zero-order valence-electron chi connectivity index (χ0n) is 5.68. The molecule has 0 aliphatic rings. The van der Waals surface area contributed by atoms with E-state index in [1.807, 2.05) is 6.08 Å². The number of allylic oxidation sites excluding steroid dienone is 1. The molecule has 0 aromatic heterocycles. The largest absolute Gasteiger partial charge is 0.394 e. The first-order valence-corrected chi connectivity index (χ1v) is 3.21. The van der Waals surface area contributed by atoms with Crippen LogP contribution in [0.5, 0.6) is 0 Å². The molecule has 0 unspecified atom stereocenters. The fraction of sp³-hybridized carbons (Fsp3) is 0.714. The van der Waals surface area contributed by atoms with Crippen LogP contribution in [-0.2, 0) is 4.74 Å². The molecule has 0 rings (SSSR count). The van der Waals surface area contributed by atoms with Gasteiger partial charge >= 0.3 is 0 Å². The molecule has 0 atom stereocenters. The quantitative estimate of drug-likeness (QED) is 0.428. The molecule has 0 heterocycles. The van der Waals surface area contributed by atoms with Gasteiger partial charge in [-0.1, -0.05) is 6.08 Å². The van der Waals surface area contributed by atoms with Crippen LogP contribution in [0.2, 0.25) is 0 Å². The summed E-state index contributed by atoms with van der Waals surface area (Å²) in [6.45, 7) is 4.88. The summed E-state index contributed by atoms with van der Waals surface area (Å²) in [5.41, 5.74) is 0. The number of rotatable bonds is 6.